The normalized spacial score (nSPS) is 24.8. The summed E-state index contributed by atoms with van der Waals surface area (Å²) in [5, 5.41) is 0. The second kappa shape index (κ2) is 7.32. The van der Waals surface area contributed by atoms with Crippen LogP contribution in [-0.2, 0) is 0 Å². The van der Waals surface area contributed by atoms with Crippen molar-refractivity contribution in [3.63, 3.8) is 0 Å². The van der Waals surface area contributed by atoms with E-state index in [0.717, 1.165) is 38.8 Å². The van der Waals surface area contributed by atoms with E-state index in [0.29, 0.717) is 11.1 Å². The molecule has 5 heteroatoms. The highest BCUT2D eigenvalue weighted by atomic mass is 16.2. The van der Waals surface area contributed by atoms with Crippen molar-refractivity contribution in [1.29, 1.82) is 0 Å². The fourth-order valence-corrected chi connectivity index (χ4v) is 3.81. The van der Waals surface area contributed by atoms with Crippen LogP contribution in [0.4, 0.5) is 0 Å². The van der Waals surface area contributed by atoms with Gasteiger partial charge in [0.2, 0.25) is 0 Å². The quantitative estimate of drug-likeness (QED) is 0.838. The maximum Gasteiger partial charge on any atom is 0.255 e. The standard InChI is InChI=1S/C19H27N3O2/c1-14-7-3-5-9-21(14)18(23)16-11-17(13-20-12-16)19(24)22-10-6-4-8-15(22)2/h11-15H,3-10H2,1-2H3/t14-,15-/m1/s1. The zero-order valence-corrected chi connectivity index (χ0v) is 14.7. The average molecular weight is 329 g/mol. The molecule has 2 fully saturated rings. The maximum atomic E-state index is 12.8. The summed E-state index contributed by atoms with van der Waals surface area (Å²) in [5.41, 5.74) is 1.05. The lowest BCUT2D eigenvalue weighted by molar-refractivity contribution is 0.0633. The van der Waals surface area contributed by atoms with Gasteiger partial charge in [-0.15, -0.1) is 0 Å². The first-order chi connectivity index (χ1) is 11.6. The van der Waals surface area contributed by atoms with E-state index in [-0.39, 0.29) is 23.9 Å². The second-order valence-electron chi connectivity index (χ2n) is 7.15. The van der Waals surface area contributed by atoms with Gasteiger partial charge < -0.3 is 9.80 Å². The van der Waals surface area contributed by atoms with Crippen LogP contribution >= 0.6 is 0 Å². The number of carbonyl (C=O) groups excluding carboxylic acids is 2. The minimum absolute atomic E-state index is 0.00366. The van der Waals surface area contributed by atoms with Gasteiger partial charge in [-0.1, -0.05) is 0 Å². The number of carbonyl (C=O) groups is 2. The summed E-state index contributed by atoms with van der Waals surface area (Å²) in [6.07, 6.45) is 9.70. The zero-order chi connectivity index (χ0) is 17.1. The van der Waals surface area contributed by atoms with Crippen molar-refractivity contribution in [2.24, 2.45) is 0 Å². The Hall–Kier alpha value is -1.91. The molecule has 2 aliphatic heterocycles. The highest BCUT2D eigenvalue weighted by Gasteiger charge is 2.27. The van der Waals surface area contributed by atoms with Crippen molar-refractivity contribution in [3.8, 4) is 0 Å². The molecular formula is C19H27N3O2. The lowest BCUT2D eigenvalue weighted by Crippen LogP contribution is -2.43. The largest absolute Gasteiger partial charge is 0.336 e. The van der Waals surface area contributed by atoms with Gasteiger partial charge in [-0.25, -0.2) is 0 Å². The predicted molar refractivity (Wildman–Crippen MR) is 92.9 cm³/mol. The highest BCUT2D eigenvalue weighted by Crippen LogP contribution is 2.21. The lowest BCUT2D eigenvalue weighted by atomic mass is 10.0. The predicted octanol–water partition coefficient (Wildman–Crippen LogP) is 3.11. The Labute approximate surface area is 144 Å². The number of hydrogen-bond acceptors (Lipinski definition) is 3. The molecule has 0 saturated carbocycles. The lowest BCUT2D eigenvalue weighted by Gasteiger charge is -2.34. The fraction of sp³-hybridized carbons (Fsp3) is 0.632. The van der Waals surface area contributed by atoms with E-state index in [1.54, 1.807) is 18.5 Å². The van der Waals surface area contributed by atoms with E-state index in [1.807, 2.05) is 9.80 Å². The third-order valence-electron chi connectivity index (χ3n) is 5.36. The van der Waals surface area contributed by atoms with E-state index < -0.39 is 0 Å². The van der Waals surface area contributed by atoms with Crippen LogP contribution in [0, 0.1) is 0 Å². The molecule has 0 bridgehead atoms. The number of nitrogens with zero attached hydrogens (tertiary/aromatic N) is 3. The van der Waals surface area contributed by atoms with Gasteiger partial charge in [-0.3, -0.25) is 14.6 Å². The van der Waals surface area contributed by atoms with Gasteiger partial charge in [-0.05, 0) is 58.4 Å². The summed E-state index contributed by atoms with van der Waals surface area (Å²) in [5.74, 6) is -0.00733. The molecule has 0 unspecified atom stereocenters. The molecule has 0 N–H and O–H groups in total. The van der Waals surface area contributed by atoms with Crippen molar-refractivity contribution < 1.29 is 9.59 Å². The second-order valence-corrected chi connectivity index (χ2v) is 7.15. The van der Waals surface area contributed by atoms with Gasteiger partial charge >= 0.3 is 0 Å². The van der Waals surface area contributed by atoms with Crippen LogP contribution < -0.4 is 0 Å². The molecule has 2 atom stereocenters. The molecular weight excluding hydrogens is 302 g/mol. The van der Waals surface area contributed by atoms with Gasteiger partial charge in [-0.2, -0.15) is 0 Å². The molecule has 2 aliphatic rings. The van der Waals surface area contributed by atoms with Crippen LogP contribution in [0.15, 0.2) is 18.5 Å². The van der Waals surface area contributed by atoms with Crippen molar-refractivity contribution >= 4 is 11.8 Å². The molecule has 5 nitrogen and oxygen atoms in total. The zero-order valence-electron chi connectivity index (χ0n) is 14.7. The van der Waals surface area contributed by atoms with Crippen LogP contribution in [0.3, 0.4) is 0 Å². The third-order valence-corrected chi connectivity index (χ3v) is 5.36. The fourth-order valence-electron chi connectivity index (χ4n) is 3.81. The number of aromatic nitrogens is 1. The average Bonchev–Trinajstić information content (AvgIpc) is 2.61. The van der Waals surface area contributed by atoms with Gasteiger partial charge in [0, 0.05) is 37.6 Å². The van der Waals surface area contributed by atoms with E-state index in [9.17, 15) is 9.59 Å². The molecule has 3 heterocycles. The molecule has 24 heavy (non-hydrogen) atoms. The molecule has 0 radical (unpaired) electrons. The van der Waals surface area contributed by atoms with E-state index in [1.165, 1.54) is 12.8 Å². The van der Waals surface area contributed by atoms with Crippen LogP contribution in [0.2, 0.25) is 0 Å². The third kappa shape index (κ3) is 3.45. The maximum absolute atomic E-state index is 12.8. The Bertz CT molecular complexity index is 567. The molecule has 2 saturated heterocycles. The van der Waals surface area contributed by atoms with Gasteiger partial charge in [0.05, 0.1) is 11.1 Å². The van der Waals surface area contributed by atoms with Crippen LogP contribution in [0.5, 0.6) is 0 Å². The molecule has 0 aliphatic carbocycles. The first kappa shape index (κ1) is 16.9. The number of pyridine rings is 1. The summed E-state index contributed by atoms with van der Waals surface area (Å²) in [6, 6.07) is 2.24. The van der Waals surface area contributed by atoms with E-state index in [2.05, 4.69) is 18.8 Å². The van der Waals surface area contributed by atoms with Crippen LogP contribution in [-0.4, -0.2) is 51.8 Å². The Morgan fingerprint density at radius 1 is 0.875 bits per heavy atom. The molecule has 0 aromatic carbocycles. The minimum Gasteiger partial charge on any atom is -0.336 e. The Balaban J connectivity index is 1.78. The van der Waals surface area contributed by atoms with Gasteiger partial charge in [0.15, 0.2) is 0 Å². The Morgan fingerprint density at radius 2 is 1.33 bits per heavy atom. The summed E-state index contributed by atoms with van der Waals surface area (Å²) in [6.45, 7) is 5.77. The molecule has 2 amide bonds. The topological polar surface area (TPSA) is 53.5 Å². The number of amides is 2. The number of rotatable bonds is 2. The van der Waals surface area contributed by atoms with Crippen molar-refractivity contribution in [1.82, 2.24) is 14.8 Å². The first-order valence-electron chi connectivity index (χ1n) is 9.15. The summed E-state index contributed by atoms with van der Waals surface area (Å²) >= 11 is 0. The SMILES string of the molecule is C[C@@H]1CCCCN1C(=O)c1cncc(C(=O)N2CCCC[C@H]2C)c1. The summed E-state index contributed by atoms with van der Waals surface area (Å²) in [4.78, 5) is 33.6. The summed E-state index contributed by atoms with van der Waals surface area (Å²) < 4.78 is 0. The number of hydrogen-bond donors (Lipinski definition) is 0. The Morgan fingerprint density at radius 3 is 1.75 bits per heavy atom. The van der Waals surface area contributed by atoms with Crippen molar-refractivity contribution in [2.45, 2.75) is 64.5 Å². The summed E-state index contributed by atoms with van der Waals surface area (Å²) in [7, 11) is 0. The number of piperidine rings is 2. The van der Waals surface area contributed by atoms with Crippen molar-refractivity contribution in [3.05, 3.63) is 29.6 Å². The smallest absolute Gasteiger partial charge is 0.255 e. The van der Waals surface area contributed by atoms with Gasteiger partial charge in [0.1, 0.15) is 0 Å². The monoisotopic (exact) mass is 329 g/mol. The minimum atomic E-state index is -0.00366. The first-order valence-corrected chi connectivity index (χ1v) is 9.15. The highest BCUT2D eigenvalue weighted by molar-refractivity contribution is 5.99. The molecule has 1 aromatic heterocycles. The van der Waals surface area contributed by atoms with Gasteiger partial charge in [0.25, 0.3) is 11.8 Å². The number of likely N-dealkylation sites (tertiary alicyclic amines) is 2. The van der Waals surface area contributed by atoms with Crippen LogP contribution in [0.25, 0.3) is 0 Å². The molecule has 1 aromatic rings. The van der Waals surface area contributed by atoms with E-state index >= 15 is 0 Å². The van der Waals surface area contributed by atoms with Crippen LogP contribution in [0.1, 0.15) is 73.1 Å². The Kier molecular flexibility index (Phi) is 5.17. The van der Waals surface area contributed by atoms with E-state index in [4.69, 9.17) is 0 Å². The molecule has 130 valence electrons. The molecule has 0 spiro atoms. The molecule has 3 rings (SSSR count). The van der Waals surface area contributed by atoms with Crippen molar-refractivity contribution in [2.75, 3.05) is 13.1 Å².